The Labute approximate surface area is 214 Å². The fraction of sp³-hybridized carbons (Fsp3) is 0.655. The lowest BCUT2D eigenvalue weighted by atomic mass is 9.91. The Kier molecular flexibility index (Phi) is 6.92. The van der Waals surface area contributed by atoms with Gasteiger partial charge in [0.15, 0.2) is 11.6 Å². The van der Waals surface area contributed by atoms with Gasteiger partial charge in [-0.15, -0.1) is 0 Å². The van der Waals surface area contributed by atoms with E-state index in [-0.39, 0.29) is 41.5 Å². The smallest absolute Gasteiger partial charge is 0.245 e. The molecule has 36 heavy (non-hydrogen) atoms. The maximum absolute atomic E-state index is 13.9. The van der Waals surface area contributed by atoms with Crippen LogP contribution in [0.2, 0.25) is 0 Å². The summed E-state index contributed by atoms with van der Waals surface area (Å²) >= 11 is 0. The van der Waals surface area contributed by atoms with Crippen molar-refractivity contribution in [1.82, 2.24) is 14.7 Å². The van der Waals surface area contributed by atoms with Crippen molar-refractivity contribution in [3.63, 3.8) is 0 Å². The number of carbonyl (C=O) groups is 3. The molecule has 7 nitrogen and oxygen atoms in total. The molecule has 5 rings (SSSR count). The lowest BCUT2D eigenvalue weighted by Crippen LogP contribution is -2.44. The number of amides is 1. The molecule has 1 amide bonds. The number of aromatic nitrogens is 2. The van der Waals surface area contributed by atoms with Crippen molar-refractivity contribution in [1.29, 1.82) is 0 Å². The number of hydrogen-bond acceptors (Lipinski definition) is 5. The van der Waals surface area contributed by atoms with Crippen LogP contribution >= 0.6 is 0 Å². The number of nitrogens with zero attached hydrogens (tertiary/aromatic N) is 3. The summed E-state index contributed by atoms with van der Waals surface area (Å²) in [5.41, 5.74) is 3.50. The molecule has 1 aromatic carbocycles. The van der Waals surface area contributed by atoms with Gasteiger partial charge in [-0.1, -0.05) is 45.4 Å². The van der Waals surface area contributed by atoms with Crippen LogP contribution in [0.15, 0.2) is 12.1 Å². The summed E-state index contributed by atoms with van der Waals surface area (Å²) in [4.78, 5) is 41.2. The first-order chi connectivity index (χ1) is 17.4. The molecule has 1 saturated carbocycles. The predicted molar refractivity (Wildman–Crippen MR) is 141 cm³/mol. The van der Waals surface area contributed by atoms with Gasteiger partial charge in [0.2, 0.25) is 5.91 Å². The minimum atomic E-state index is -0.315. The number of rotatable bonds is 4. The van der Waals surface area contributed by atoms with Crippen LogP contribution in [-0.4, -0.2) is 51.3 Å². The molecule has 0 radical (unpaired) electrons. The quantitative estimate of drug-likeness (QED) is 0.586. The van der Waals surface area contributed by atoms with Crippen LogP contribution in [0.5, 0.6) is 0 Å². The number of ketones is 2. The van der Waals surface area contributed by atoms with Gasteiger partial charge in [0.1, 0.15) is 12.2 Å². The SMILES string of the molecule is CCC(=O)[C@@H]1C[C@]23CCCCCCCCCc4cc(NC)cc5c(C(C)=O)nn(c45)CC(=O)N1[C@@H]2C3. The highest BCUT2D eigenvalue weighted by atomic mass is 16.2. The molecule has 2 fully saturated rings. The minimum absolute atomic E-state index is 0.0429. The normalized spacial score (nSPS) is 27.0. The summed E-state index contributed by atoms with van der Waals surface area (Å²) in [7, 11) is 1.88. The molecule has 1 N–H and O–H groups in total. The third kappa shape index (κ3) is 4.46. The summed E-state index contributed by atoms with van der Waals surface area (Å²) in [5, 5.41) is 8.71. The Hall–Kier alpha value is -2.70. The molecule has 0 spiro atoms. The van der Waals surface area contributed by atoms with Gasteiger partial charge >= 0.3 is 0 Å². The number of carbonyl (C=O) groups excluding carboxylic acids is 3. The van der Waals surface area contributed by atoms with Gasteiger partial charge in [0.05, 0.1) is 11.6 Å². The van der Waals surface area contributed by atoms with Gasteiger partial charge in [0, 0.05) is 37.5 Å². The van der Waals surface area contributed by atoms with Crippen LogP contribution in [0.3, 0.4) is 0 Å². The zero-order valence-electron chi connectivity index (χ0n) is 22.1. The lowest BCUT2D eigenvalue weighted by Gasteiger charge is -2.26. The van der Waals surface area contributed by atoms with Crippen LogP contribution in [-0.2, 0) is 22.6 Å². The summed E-state index contributed by atoms with van der Waals surface area (Å²) in [6.45, 7) is 3.49. The van der Waals surface area contributed by atoms with E-state index >= 15 is 0 Å². The molecule has 0 unspecified atom stereocenters. The van der Waals surface area contributed by atoms with Gasteiger partial charge in [-0.05, 0) is 55.2 Å². The molecule has 2 bridgehead atoms. The first-order valence-corrected chi connectivity index (χ1v) is 13.9. The summed E-state index contributed by atoms with van der Waals surface area (Å²) in [6.07, 6.45) is 12.7. The average molecular weight is 493 g/mol. The van der Waals surface area contributed by atoms with E-state index in [9.17, 15) is 14.4 Å². The number of benzene rings is 1. The fourth-order valence-electron chi connectivity index (χ4n) is 6.86. The summed E-state index contributed by atoms with van der Waals surface area (Å²) in [6, 6.07) is 3.96. The highest BCUT2D eigenvalue weighted by molar-refractivity contribution is 6.06. The average Bonchev–Trinajstić information content (AvgIpc) is 3.27. The number of piperidine rings is 1. The Balaban J connectivity index is 1.56. The second-order valence-electron chi connectivity index (χ2n) is 11.2. The Morgan fingerprint density at radius 2 is 1.81 bits per heavy atom. The molecule has 7 heteroatoms. The van der Waals surface area contributed by atoms with Crippen LogP contribution in [0.1, 0.15) is 101 Å². The van der Waals surface area contributed by atoms with E-state index in [1.165, 1.54) is 45.4 Å². The van der Waals surface area contributed by atoms with Gasteiger partial charge in [-0.3, -0.25) is 19.1 Å². The minimum Gasteiger partial charge on any atom is -0.388 e. The molecule has 3 aliphatic rings. The topological polar surface area (TPSA) is 84.3 Å². The van der Waals surface area contributed by atoms with Gasteiger partial charge in [-0.25, -0.2) is 0 Å². The number of anilines is 1. The van der Waals surface area contributed by atoms with Crippen molar-refractivity contribution in [3.8, 4) is 0 Å². The van der Waals surface area contributed by atoms with Crippen molar-refractivity contribution in [2.75, 3.05) is 12.4 Å². The van der Waals surface area contributed by atoms with E-state index in [0.29, 0.717) is 12.1 Å². The highest BCUT2D eigenvalue weighted by Gasteiger charge is 2.66. The maximum Gasteiger partial charge on any atom is 0.245 e. The van der Waals surface area contributed by atoms with Crippen molar-refractivity contribution in [3.05, 3.63) is 23.4 Å². The van der Waals surface area contributed by atoms with Crippen LogP contribution in [0.25, 0.3) is 10.9 Å². The third-order valence-corrected chi connectivity index (χ3v) is 8.88. The van der Waals surface area contributed by atoms with E-state index in [1.54, 1.807) is 4.68 Å². The third-order valence-electron chi connectivity index (χ3n) is 8.88. The van der Waals surface area contributed by atoms with Crippen LogP contribution < -0.4 is 5.32 Å². The van der Waals surface area contributed by atoms with Gasteiger partial charge in [0.25, 0.3) is 0 Å². The van der Waals surface area contributed by atoms with Gasteiger partial charge in [-0.2, -0.15) is 5.10 Å². The Bertz CT molecular complexity index is 1180. The van der Waals surface area contributed by atoms with Gasteiger partial charge < -0.3 is 10.2 Å². The summed E-state index contributed by atoms with van der Waals surface area (Å²) < 4.78 is 1.75. The number of aryl methyl sites for hydroxylation is 1. The number of Topliss-reactive ketones (excluding diaryl/α,β-unsaturated/α-hetero) is 2. The lowest BCUT2D eigenvalue weighted by molar-refractivity contribution is -0.139. The standard InChI is InChI=1S/C29H40N4O3/c1-4-24(35)23-16-29-13-11-9-7-5-6-8-10-12-20-14-21(30-3)15-22-27(19(2)34)31-32(28(20)22)18-26(36)33(23)25(29)17-29/h14-15,23,25,30H,4-13,16-18H2,1-3H3/t23-,25+,29-/m0/s1. The van der Waals surface area contributed by atoms with Crippen molar-refractivity contribution in [2.45, 2.75) is 110 Å². The monoisotopic (exact) mass is 492 g/mol. The van der Waals surface area contributed by atoms with E-state index < -0.39 is 0 Å². The molecule has 1 aliphatic carbocycles. The molecule has 1 saturated heterocycles. The van der Waals surface area contributed by atoms with Crippen LogP contribution in [0.4, 0.5) is 5.69 Å². The number of hydrogen-bond donors (Lipinski definition) is 1. The van der Waals surface area contributed by atoms with E-state index in [0.717, 1.165) is 54.3 Å². The molecule has 2 aromatic rings. The first-order valence-electron chi connectivity index (χ1n) is 13.9. The van der Waals surface area contributed by atoms with Crippen molar-refractivity contribution >= 4 is 34.1 Å². The molecule has 3 atom stereocenters. The maximum atomic E-state index is 13.9. The molecule has 1 aromatic heterocycles. The highest BCUT2D eigenvalue weighted by Crippen LogP contribution is 2.62. The zero-order valence-corrected chi connectivity index (χ0v) is 22.1. The first kappa shape index (κ1) is 25.0. The second-order valence-corrected chi connectivity index (χ2v) is 11.2. The molecule has 3 heterocycles. The van der Waals surface area contributed by atoms with E-state index in [4.69, 9.17) is 0 Å². The van der Waals surface area contributed by atoms with E-state index in [2.05, 4.69) is 16.5 Å². The second kappa shape index (κ2) is 9.98. The zero-order chi connectivity index (χ0) is 25.4. The fourth-order valence-corrected chi connectivity index (χ4v) is 6.86. The Morgan fingerprint density at radius 1 is 1.08 bits per heavy atom. The molecular weight excluding hydrogens is 452 g/mol. The number of nitrogens with one attached hydrogen (secondary N) is 1. The van der Waals surface area contributed by atoms with Crippen molar-refractivity contribution < 1.29 is 14.4 Å². The Morgan fingerprint density at radius 3 is 2.50 bits per heavy atom. The predicted octanol–water partition coefficient (Wildman–Crippen LogP) is 5.30. The van der Waals surface area contributed by atoms with Crippen LogP contribution in [0, 0.1) is 5.41 Å². The summed E-state index contributed by atoms with van der Waals surface area (Å²) in [5.74, 6) is 0.0195. The molecular formula is C29H40N4O3. The van der Waals surface area contributed by atoms with E-state index in [1.807, 2.05) is 24.9 Å². The van der Waals surface area contributed by atoms with Crippen molar-refractivity contribution in [2.24, 2.45) is 5.41 Å². The molecule has 194 valence electrons. The molecule has 2 aliphatic heterocycles. The largest absolute Gasteiger partial charge is 0.388 e.